The van der Waals surface area contributed by atoms with Gasteiger partial charge in [-0.3, -0.25) is 4.79 Å². The largest absolute Gasteiger partial charge is 0.486 e. The molecule has 206 valence electrons. The Morgan fingerprint density at radius 3 is 2.53 bits per heavy atom. The average molecular weight is 523 g/mol. The highest BCUT2D eigenvalue weighted by Gasteiger charge is 2.35. The zero-order valence-electron chi connectivity index (χ0n) is 22.9. The van der Waals surface area contributed by atoms with Crippen LogP contribution in [0.1, 0.15) is 56.3 Å². The van der Waals surface area contributed by atoms with E-state index in [1.54, 1.807) is 23.1 Å². The van der Waals surface area contributed by atoms with E-state index in [0.29, 0.717) is 41.7 Å². The molecule has 0 unspecified atom stereocenters. The van der Waals surface area contributed by atoms with Crippen LogP contribution < -0.4 is 15.4 Å². The molecule has 8 heteroatoms. The molecule has 0 spiro atoms. The number of benzene rings is 2. The number of nitrogens with one attached hydrogen (secondary N) is 2. The summed E-state index contributed by atoms with van der Waals surface area (Å²) in [5.74, 6) is 0.880. The number of carbonyl (C=O) groups excluding carboxylic acids is 2. The van der Waals surface area contributed by atoms with Crippen LogP contribution in [0.15, 0.2) is 48.5 Å². The normalized spacial score (nSPS) is 21.2. The fourth-order valence-electron chi connectivity index (χ4n) is 5.56. The Balaban J connectivity index is 1.60. The Morgan fingerprint density at radius 2 is 1.82 bits per heavy atom. The lowest BCUT2D eigenvalue weighted by atomic mass is 9.89. The van der Waals surface area contributed by atoms with Crippen molar-refractivity contribution in [2.75, 3.05) is 43.9 Å². The van der Waals surface area contributed by atoms with E-state index < -0.39 is 6.03 Å². The summed E-state index contributed by atoms with van der Waals surface area (Å²) >= 11 is 0. The Labute approximate surface area is 226 Å². The van der Waals surface area contributed by atoms with Crippen LogP contribution in [0, 0.1) is 11.8 Å². The zero-order chi connectivity index (χ0) is 27.1. The number of carbonyl (C=O) groups is 2. The number of amides is 3. The van der Waals surface area contributed by atoms with Crippen LogP contribution in [-0.2, 0) is 0 Å². The van der Waals surface area contributed by atoms with Gasteiger partial charge in [0.15, 0.2) is 5.75 Å². The average Bonchev–Trinajstić information content (AvgIpc) is 2.91. The second-order valence-electron chi connectivity index (χ2n) is 11.0. The van der Waals surface area contributed by atoms with Gasteiger partial charge < -0.3 is 30.3 Å². The third-order valence-corrected chi connectivity index (χ3v) is 7.76. The summed E-state index contributed by atoms with van der Waals surface area (Å²) in [6.45, 7) is 6.02. The summed E-state index contributed by atoms with van der Waals surface area (Å²) in [6.07, 6.45) is 6.28. The minimum Gasteiger partial charge on any atom is -0.486 e. The Hall–Kier alpha value is -3.10. The van der Waals surface area contributed by atoms with Gasteiger partial charge in [-0.15, -0.1) is 0 Å². The topological polar surface area (TPSA) is 94.1 Å². The molecular formula is C30H42N4O4. The van der Waals surface area contributed by atoms with Crippen molar-refractivity contribution in [2.45, 2.75) is 58.1 Å². The summed E-state index contributed by atoms with van der Waals surface area (Å²) in [4.78, 5) is 30.6. The lowest BCUT2D eigenvalue weighted by Gasteiger charge is -2.39. The SMILES string of the molecule is C[C@@H]1CN([C@H](C)CO)C(=O)c2cccc(NC(=O)Nc3ccccc3)c2O[C@@H]1CN(C)CC1CCCCC1. The molecule has 8 nitrogen and oxygen atoms in total. The minimum absolute atomic E-state index is 0.0149. The van der Waals surface area contributed by atoms with E-state index in [2.05, 4.69) is 29.5 Å². The quantitative estimate of drug-likeness (QED) is 0.450. The van der Waals surface area contributed by atoms with E-state index in [-0.39, 0.29) is 30.6 Å². The fourth-order valence-corrected chi connectivity index (χ4v) is 5.56. The van der Waals surface area contributed by atoms with Gasteiger partial charge >= 0.3 is 6.03 Å². The summed E-state index contributed by atoms with van der Waals surface area (Å²) in [5.41, 5.74) is 1.49. The Morgan fingerprint density at radius 1 is 1.08 bits per heavy atom. The summed E-state index contributed by atoms with van der Waals surface area (Å²) in [6, 6.07) is 13.7. The van der Waals surface area contributed by atoms with Crippen molar-refractivity contribution in [3.8, 4) is 5.75 Å². The first-order valence-electron chi connectivity index (χ1n) is 13.9. The second-order valence-corrected chi connectivity index (χ2v) is 11.0. The van der Waals surface area contributed by atoms with Crippen molar-refractivity contribution in [2.24, 2.45) is 11.8 Å². The maximum absolute atomic E-state index is 13.7. The number of hydrogen-bond acceptors (Lipinski definition) is 5. The molecular weight excluding hydrogens is 480 g/mol. The number of rotatable bonds is 8. The molecule has 3 amide bonds. The summed E-state index contributed by atoms with van der Waals surface area (Å²) < 4.78 is 6.63. The maximum atomic E-state index is 13.7. The molecule has 1 aliphatic heterocycles. The van der Waals surface area contributed by atoms with Crippen LogP contribution in [0.25, 0.3) is 0 Å². The number of anilines is 2. The van der Waals surface area contributed by atoms with Crippen LogP contribution in [0.4, 0.5) is 16.2 Å². The van der Waals surface area contributed by atoms with Gasteiger partial charge in [-0.05, 0) is 57.0 Å². The molecule has 1 fully saturated rings. The van der Waals surface area contributed by atoms with Crippen molar-refractivity contribution >= 4 is 23.3 Å². The third-order valence-electron chi connectivity index (χ3n) is 7.76. The van der Waals surface area contributed by atoms with Gasteiger partial charge in [-0.1, -0.05) is 50.5 Å². The zero-order valence-corrected chi connectivity index (χ0v) is 22.9. The first-order valence-corrected chi connectivity index (χ1v) is 13.9. The molecule has 1 heterocycles. The van der Waals surface area contributed by atoms with Crippen LogP contribution >= 0.6 is 0 Å². The molecule has 0 saturated heterocycles. The predicted molar refractivity (Wildman–Crippen MR) is 151 cm³/mol. The van der Waals surface area contributed by atoms with Crippen LogP contribution in [0.2, 0.25) is 0 Å². The molecule has 0 radical (unpaired) electrons. The van der Waals surface area contributed by atoms with E-state index in [0.717, 1.165) is 6.54 Å². The van der Waals surface area contributed by atoms with Crippen molar-refractivity contribution < 1.29 is 19.4 Å². The van der Waals surface area contributed by atoms with Gasteiger partial charge in [0, 0.05) is 31.2 Å². The highest BCUT2D eigenvalue weighted by atomic mass is 16.5. The van der Waals surface area contributed by atoms with Crippen molar-refractivity contribution in [1.29, 1.82) is 0 Å². The number of nitrogens with zero attached hydrogens (tertiary/aromatic N) is 2. The minimum atomic E-state index is -0.415. The highest BCUT2D eigenvalue weighted by Crippen LogP contribution is 2.35. The molecule has 0 bridgehead atoms. The second kappa shape index (κ2) is 13.1. The number of hydrogen-bond donors (Lipinski definition) is 3. The molecule has 3 N–H and O–H groups in total. The number of aliphatic hydroxyl groups is 1. The Bertz CT molecular complexity index is 1070. The summed E-state index contributed by atoms with van der Waals surface area (Å²) in [7, 11) is 2.14. The standard InChI is InChI=1S/C30H42N4O4/c1-21-17-34(22(2)20-35)29(36)25-15-10-16-26(32-30(37)31-24-13-8-5-9-14-24)28(25)38-27(21)19-33(3)18-23-11-6-4-7-12-23/h5,8-10,13-16,21-23,27,35H,4,6-7,11-12,17-20H2,1-3H3,(H2,31,32,37)/t21-,22-,27-/m1/s1. The lowest BCUT2D eigenvalue weighted by Crippen LogP contribution is -2.50. The van der Waals surface area contributed by atoms with Gasteiger partial charge in [0.2, 0.25) is 0 Å². The molecule has 38 heavy (non-hydrogen) atoms. The van der Waals surface area contributed by atoms with Crippen LogP contribution in [0.5, 0.6) is 5.75 Å². The molecule has 0 aromatic heterocycles. The molecule has 2 aromatic carbocycles. The number of fused-ring (bicyclic) bond motifs is 1. The highest BCUT2D eigenvalue weighted by molar-refractivity contribution is 6.04. The van der Waals surface area contributed by atoms with E-state index >= 15 is 0 Å². The van der Waals surface area contributed by atoms with Gasteiger partial charge in [0.1, 0.15) is 6.10 Å². The molecule has 1 saturated carbocycles. The number of para-hydroxylation sites is 2. The number of urea groups is 1. The van der Waals surface area contributed by atoms with Crippen molar-refractivity contribution in [1.82, 2.24) is 9.80 Å². The lowest BCUT2D eigenvalue weighted by molar-refractivity contribution is 0.0333. The van der Waals surface area contributed by atoms with Crippen molar-refractivity contribution in [3.63, 3.8) is 0 Å². The van der Waals surface area contributed by atoms with Crippen molar-refractivity contribution in [3.05, 3.63) is 54.1 Å². The smallest absolute Gasteiger partial charge is 0.323 e. The number of ether oxygens (including phenoxy) is 1. The molecule has 4 rings (SSSR count). The van der Waals surface area contributed by atoms with Crippen LogP contribution in [-0.4, -0.2) is 72.3 Å². The van der Waals surface area contributed by atoms with Gasteiger partial charge in [-0.25, -0.2) is 4.79 Å². The predicted octanol–water partition coefficient (Wildman–Crippen LogP) is 5.06. The number of likely N-dealkylation sites (N-methyl/N-ethyl adjacent to an activating group) is 1. The maximum Gasteiger partial charge on any atom is 0.323 e. The van der Waals surface area contributed by atoms with E-state index in [1.807, 2.05) is 37.3 Å². The Kier molecular flexibility index (Phi) is 9.63. The monoisotopic (exact) mass is 522 g/mol. The number of aliphatic hydroxyl groups excluding tert-OH is 1. The molecule has 3 atom stereocenters. The first-order chi connectivity index (χ1) is 18.4. The third kappa shape index (κ3) is 7.05. The molecule has 2 aromatic rings. The van der Waals surface area contributed by atoms with E-state index in [1.165, 1.54) is 32.1 Å². The van der Waals surface area contributed by atoms with Gasteiger partial charge in [0.05, 0.1) is 23.9 Å². The molecule has 2 aliphatic rings. The summed E-state index contributed by atoms with van der Waals surface area (Å²) in [5, 5.41) is 15.6. The molecule has 1 aliphatic carbocycles. The van der Waals surface area contributed by atoms with E-state index in [9.17, 15) is 14.7 Å². The van der Waals surface area contributed by atoms with Gasteiger partial charge in [-0.2, -0.15) is 0 Å². The van der Waals surface area contributed by atoms with Gasteiger partial charge in [0.25, 0.3) is 5.91 Å². The van der Waals surface area contributed by atoms with E-state index in [4.69, 9.17) is 4.74 Å². The van der Waals surface area contributed by atoms with Crippen LogP contribution in [0.3, 0.4) is 0 Å². The first kappa shape index (κ1) is 27.9. The fraction of sp³-hybridized carbons (Fsp3) is 0.533.